The number of carbonyl (C=O) groups excluding carboxylic acids is 3. The van der Waals surface area contributed by atoms with E-state index in [-0.39, 0.29) is 11.5 Å². The van der Waals surface area contributed by atoms with Gasteiger partial charge in [-0.15, -0.1) is 0 Å². The molecular weight excluding hydrogens is 535 g/mol. The van der Waals surface area contributed by atoms with Gasteiger partial charge in [-0.3, -0.25) is 19.3 Å². The van der Waals surface area contributed by atoms with Gasteiger partial charge in [0, 0.05) is 32.7 Å². The third kappa shape index (κ3) is 6.04. The summed E-state index contributed by atoms with van der Waals surface area (Å²) >= 11 is 13.0. The van der Waals surface area contributed by atoms with Crippen LogP contribution in [0.25, 0.3) is 11.8 Å². The molecule has 0 saturated carbocycles. The van der Waals surface area contributed by atoms with Crippen LogP contribution < -0.4 is 4.74 Å². The zero-order chi connectivity index (χ0) is 26.7. The van der Waals surface area contributed by atoms with Gasteiger partial charge < -0.3 is 14.0 Å². The molecule has 2 heterocycles. The minimum absolute atomic E-state index is 0.181. The Labute approximate surface area is 228 Å². The fourth-order valence-electron chi connectivity index (χ4n) is 3.94. The second-order valence-electron chi connectivity index (χ2n) is 8.25. The van der Waals surface area contributed by atoms with E-state index < -0.39 is 23.7 Å². The summed E-state index contributed by atoms with van der Waals surface area (Å²) in [5.41, 5.74) is 4.41. The molecule has 37 heavy (non-hydrogen) atoms. The van der Waals surface area contributed by atoms with Gasteiger partial charge in [-0.25, -0.2) is 0 Å². The molecule has 0 bridgehead atoms. The number of halogens is 2. The van der Waals surface area contributed by atoms with Gasteiger partial charge >= 0.3 is 5.97 Å². The van der Waals surface area contributed by atoms with Crippen molar-refractivity contribution >= 4 is 58.2 Å². The number of carbonyl (C=O) groups is 3. The minimum Gasteiger partial charge on any atom is -0.489 e. The number of thioether (sulfide) groups is 1. The predicted octanol–water partition coefficient (Wildman–Crippen LogP) is 6.58. The lowest BCUT2D eigenvalue weighted by Crippen LogP contribution is -2.34. The van der Waals surface area contributed by atoms with Gasteiger partial charge in [-0.1, -0.05) is 29.3 Å². The largest absolute Gasteiger partial charge is 0.489 e. The molecule has 0 radical (unpaired) electrons. The standard InChI is InChI=1S/C27H24Cl2N2O5S/c1-4-35-25(32)14-30-26(33)24(37-27(30)34)12-19-11-16(2)31(17(19)3)21-7-9-22(10-8-21)36-15-18-5-6-20(28)13-23(18)29/h5-13H,4,14-15H2,1-3H3/b24-12+. The number of nitrogens with zero attached hydrogens (tertiary/aromatic N) is 2. The summed E-state index contributed by atoms with van der Waals surface area (Å²) in [6.07, 6.45) is 1.68. The lowest BCUT2D eigenvalue weighted by Gasteiger charge is -2.12. The summed E-state index contributed by atoms with van der Waals surface area (Å²) in [7, 11) is 0. The molecule has 1 aliphatic rings. The first-order valence-electron chi connectivity index (χ1n) is 11.4. The van der Waals surface area contributed by atoms with E-state index in [2.05, 4.69) is 4.57 Å². The smallest absolute Gasteiger partial charge is 0.326 e. The number of ether oxygens (including phenoxy) is 2. The van der Waals surface area contributed by atoms with Crippen LogP contribution in [0.5, 0.6) is 5.75 Å². The third-order valence-corrected chi connectivity index (χ3v) is 7.22. The molecule has 1 aliphatic heterocycles. The number of amides is 2. The summed E-state index contributed by atoms with van der Waals surface area (Å²) in [5, 5.41) is 0.629. The highest BCUT2D eigenvalue weighted by Gasteiger charge is 2.36. The summed E-state index contributed by atoms with van der Waals surface area (Å²) < 4.78 is 12.8. The first-order chi connectivity index (χ1) is 17.7. The van der Waals surface area contributed by atoms with Gasteiger partial charge in [0.25, 0.3) is 11.1 Å². The number of imide groups is 1. The number of esters is 1. The first-order valence-corrected chi connectivity index (χ1v) is 13.0. The molecule has 1 aromatic heterocycles. The molecule has 10 heteroatoms. The van der Waals surface area contributed by atoms with Crippen molar-refractivity contribution in [1.82, 2.24) is 9.47 Å². The molecule has 2 aromatic carbocycles. The summed E-state index contributed by atoms with van der Waals surface area (Å²) in [6.45, 7) is 5.66. The van der Waals surface area contributed by atoms with E-state index in [9.17, 15) is 14.4 Å². The van der Waals surface area contributed by atoms with Crippen molar-refractivity contribution < 1.29 is 23.9 Å². The number of rotatable bonds is 8. The molecule has 0 unspecified atom stereocenters. The molecule has 3 aromatic rings. The number of benzene rings is 2. The fraction of sp³-hybridized carbons (Fsp3) is 0.222. The molecule has 0 atom stereocenters. The van der Waals surface area contributed by atoms with Crippen molar-refractivity contribution in [1.29, 1.82) is 0 Å². The summed E-state index contributed by atoms with van der Waals surface area (Å²) in [6, 6.07) is 14.9. The second-order valence-corrected chi connectivity index (χ2v) is 10.1. The number of hydrogen-bond acceptors (Lipinski definition) is 6. The van der Waals surface area contributed by atoms with E-state index >= 15 is 0 Å². The zero-order valence-electron chi connectivity index (χ0n) is 20.4. The van der Waals surface area contributed by atoms with Crippen LogP contribution in [0, 0.1) is 13.8 Å². The Kier molecular flexibility index (Phi) is 8.32. The summed E-state index contributed by atoms with van der Waals surface area (Å²) in [4.78, 5) is 38.0. The highest BCUT2D eigenvalue weighted by atomic mass is 35.5. The van der Waals surface area contributed by atoms with Gasteiger partial charge in [0.1, 0.15) is 18.9 Å². The van der Waals surface area contributed by atoms with Crippen LogP contribution in [0.2, 0.25) is 10.0 Å². The Hall–Kier alpha value is -3.20. The van der Waals surface area contributed by atoms with Crippen molar-refractivity contribution in [2.75, 3.05) is 13.2 Å². The average Bonchev–Trinajstić information content (AvgIpc) is 3.28. The molecular formula is C27H24Cl2N2O5S. The molecule has 0 spiro atoms. The van der Waals surface area contributed by atoms with Gasteiger partial charge in [0.05, 0.1) is 11.5 Å². The second kappa shape index (κ2) is 11.5. The molecule has 4 rings (SSSR count). The quantitative estimate of drug-likeness (QED) is 0.229. The van der Waals surface area contributed by atoms with Crippen molar-refractivity contribution in [2.24, 2.45) is 0 Å². The van der Waals surface area contributed by atoms with Crippen molar-refractivity contribution in [3.8, 4) is 11.4 Å². The average molecular weight is 559 g/mol. The van der Waals surface area contributed by atoms with Crippen LogP contribution in [-0.4, -0.2) is 39.7 Å². The fourth-order valence-corrected chi connectivity index (χ4v) is 5.23. The molecule has 1 fully saturated rings. The number of aromatic nitrogens is 1. The van der Waals surface area contributed by atoms with Gasteiger partial charge in [0.2, 0.25) is 0 Å². The Bertz CT molecular complexity index is 1400. The Morgan fingerprint density at radius 2 is 1.78 bits per heavy atom. The topological polar surface area (TPSA) is 77.8 Å². The van der Waals surface area contributed by atoms with E-state index in [0.29, 0.717) is 22.4 Å². The van der Waals surface area contributed by atoms with Crippen LogP contribution in [-0.2, 0) is 20.9 Å². The van der Waals surface area contributed by atoms with Crippen LogP contribution in [0.3, 0.4) is 0 Å². The van der Waals surface area contributed by atoms with Crippen LogP contribution in [0.15, 0.2) is 53.4 Å². The lowest BCUT2D eigenvalue weighted by atomic mass is 10.2. The summed E-state index contributed by atoms with van der Waals surface area (Å²) in [5.74, 6) is -0.434. The SMILES string of the molecule is CCOC(=O)CN1C(=O)S/C(=C/c2cc(C)n(-c3ccc(OCc4ccc(Cl)cc4Cl)cc3)c2C)C1=O. The van der Waals surface area contributed by atoms with Crippen LogP contribution >= 0.6 is 35.0 Å². The third-order valence-electron chi connectivity index (χ3n) is 5.73. The zero-order valence-corrected chi connectivity index (χ0v) is 22.7. The highest BCUT2D eigenvalue weighted by Crippen LogP contribution is 2.34. The molecule has 7 nitrogen and oxygen atoms in total. The maximum absolute atomic E-state index is 12.7. The highest BCUT2D eigenvalue weighted by molar-refractivity contribution is 8.18. The Balaban J connectivity index is 1.49. The number of aryl methyl sites for hydroxylation is 1. The minimum atomic E-state index is -0.618. The van der Waals surface area contributed by atoms with E-state index in [1.54, 1.807) is 25.1 Å². The molecule has 192 valence electrons. The van der Waals surface area contributed by atoms with Crippen molar-refractivity contribution in [2.45, 2.75) is 27.4 Å². The van der Waals surface area contributed by atoms with Gasteiger partial charge in [-0.2, -0.15) is 0 Å². The van der Waals surface area contributed by atoms with E-state index in [1.165, 1.54) is 0 Å². The van der Waals surface area contributed by atoms with Gasteiger partial charge in [0.15, 0.2) is 0 Å². The Morgan fingerprint density at radius 3 is 2.46 bits per heavy atom. The molecule has 0 N–H and O–H groups in total. The maximum Gasteiger partial charge on any atom is 0.326 e. The van der Waals surface area contributed by atoms with Crippen LogP contribution in [0.1, 0.15) is 29.4 Å². The lowest BCUT2D eigenvalue weighted by molar-refractivity contribution is -0.145. The van der Waals surface area contributed by atoms with Gasteiger partial charge in [-0.05, 0) is 86.6 Å². The van der Waals surface area contributed by atoms with E-state index in [4.69, 9.17) is 32.7 Å². The Morgan fingerprint density at radius 1 is 1.05 bits per heavy atom. The monoisotopic (exact) mass is 558 g/mol. The molecule has 2 amide bonds. The maximum atomic E-state index is 12.7. The van der Waals surface area contributed by atoms with E-state index in [0.717, 1.165) is 44.9 Å². The number of hydrogen-bond donors (Lipinski definition) is 0. The van der Waals surface area contributed by atoms with Crippen LogP contribution in [0.4, 0.5) is 4.79 Å². The van der Waals surface area contributed by atoms with Crippen molar-refractivity contribution in [3.05, 3.63) is 86.0 Å². The van der Waals surface area contributed by atoms with Crippen molar-refractivity contribution in [3.63, 3.8) is 0 Å². The predicted molar refractivity (Wildman–Crippen MR) is 145 cm³/mol. The normalized spacial score (nSPS) is 14.5. The molecule has 0 aliphatic carbocycles. The molecule has 1 saturated heterocycles. The van der Waals surface area contributed by atoms with E-state index in [1.807, 2.05) is 50.2 Å². The first kappa shape index (κ1) is 26.9.